The summed E-state index contributed by atoms with van der Waals surface area (Å²) >= 11 is 0. The molecule has 0 saturated heterocycles. The molecule has 8 heterocycles. The summed E-state index contributed by atoms with van der Waals surface area (Å²) in [7, 11) is 16.7. The van der Waals surface area contributed by atoms with Gasteiger partial charge in [-0.15, -0.1) is 141 Å². The minimum absolute atomic E-state index is 0. The molecule has 0 aromatic heterocycles. The van der Waals surface area contributed by atoms with Gasteiger partial charge in [-0.1, -0.05) is 220 Å². The van der Waals surface area contributed by atoms with E-state index in [-0.39, 0.29) is 84.3 Å². The molecule has 0 saturated carbocycles. The van der Waals surface area contributed by atoms with Crippen molar-refractivity contribution in [2.75, 3.05) is 110 Å². The molecule has 19 rings (SSSR count). The minimum Gasteiger partial charge on any atom is -0.512 e. The predicted molar refractivity (Wildman–Crippen MR) is 605 cm³/mol. The van der Waals surface area contributed by atoms with Crippen LogP contribution in [0.25, 0.3) is 44.5 Å². The van der Waals surface area contributed by atoms with E-state index in [0.717, 1.165) is 45.5 Å². The van der Waals surface area contributed by atoms with Crippen molar-refractivity contribution in [2.45, 2.75) is 200 Å². The quantitative estimate of drug-likeness (QED) is 0.0666. The van der Waals surface area contributed by atoms with Gasteiger partial charge in [0, 0.05) is 51.2 Å². The average molecular weight is 2720 g/mol. The number of hydrogen-bond donors (Lipinski definition) is 0. The Balaban J connectivity index is 0.000000236. The molecule has 0 fully saturated rings. The summed E-state index contributed by atoms with van der Waals surface area (Å²) in [5.41, 5.74) is 44.3. The zero-order valence-corrected chi connectivity index (χ0v) is 101. The van der Waals surface area contributed by atoms with Crippen molar-refractivity contribution in [2.24, 2.45) is 0 Å². The molecule has 0 spiro atoms. The summed E-state index contributed by atoms with van der Waals surface area (Å²) in [4.78, 5) is 35.0. The van der Waals surface area contributed by atoms with Crippen molar-refractivity contribution < 1.29 is 84.3 Å². The predicted octanol–water partition coefficient (Wildman–Crippen LogP) is 31.2. The van der Waals surface area contributed by atoms with E-state index in [0.29, 0.717) is 47.3 Å². The van der Waals surface area contributed by atoms with E-state index in [1.165, 1.54) is 157 Å². The zero-order valence-electron chi connectivity index (χ0n) is 92.2. The molecule has 0 radical (unpaired) electrons. The first-order valence-corrected chi connectivity index (χ1v) is 50.1. The standard InChI is InChI=1S/2C32H37N4.C30H33N4.C28H35N4.4CN.4Pt/c2*1-21(2)28-12-11-13-29(22(3)4)32(28)25-16-26(35-19-33(7)23(5)24(35)6)18-27(17-25)36-20-34(8)30-14-9-10-15-31(30)36;1-21(2)26-10-9-11-27(22(3)4)30(26)23-16-24(33-15-14-31(5)19-33)18-25(17-23)34-20-32(6)28-12-7-8-13-29(28)34;1-19(2)26-10-9-11-27(20(3)4)28(26)23-14-24(31-13-12-29(7)17-31)16-25(15-23)32-18-30(8)21(5)22(32)6;4*1-2;;;;/h2*9-17,19-22H,1-8H3;7-17,19-22H,1-6H3;9-15,17-20H,1-8H3;;;;;;;;/q4*-3;4*-1;4*+4. The number of fused-ring (bicyclic) bond motifs is 3. The van der Waals surface area contributed by atoms with Gasteiger partial charge in [0.15, 0.2) is 0 Å². The van der Waals surface area contributed by atoms with Crippen LogP contribution in [0.4, 0.5) is 79.6 Å². The first-order chi connectivity index (χ1) is 69.8. The largest absolute Gasteiger partial charge is 4.00 e. The first kappa shape index (κ1) is 123. The maximum absolute atomic E-state index is 6.25. The van der Waals surface area contributed by atoms with Crippen LogP contribution >= 0.6 is 0 Å². The Labute approximate surface area is 957 Å². The molecule has 0 atom stereocenters. The molecule has 786 valence electrons. The van der Waals surface area contributed by atoms with E-state index in [1.54, 1.807) is 0 Å². The molecule has 150 heavy (non-hydrogen) atoms. The Morgan fingerprint density at radius 1 is 0.207 bits per heavy atom. The minimum atomic E-state index is 0. The van der Waals surface area contributed by atoms with Crippen LogP contribution in [0.2, 0.25) is 0 Å². The van der Waals surface area contributed by atoms with Crippen molar-refractivity contribution in [3.63, 3.8) is 0 Å². The van der Waals surface area contributed by atoms with Crippen LogP contribution in [0.1, 0.15) is 244 Å². The van der Waals surface area contributed by atoms with Crippen LogP contribution in [0, 0.1) is 125 Å². The molecule has 24 heteroatoms. The third-order valence-electron chi connectivity index (χ3n) is 28.2. The molecule has 0 aliphatic carbocycles. The van der Waals surface area contributed by atoms with E-state index >= 15 is 0 Å². The third-order valence-corrected chi connectivity index (χ3v) is 28.2. The van der Waals surface area contributed by atoms with Crippen LogP contribution in [0.15, 0.2) is 253 Å². The van der Waals surface area contributed by atoms with Crippen molar-refractivity contribution >= 4 is 79.6 Å². The van der Waals surface area contributed by atoms with Gasteiger partial charge in [0.25, 0.3) is 0 Å². The Morgan fingerprint density at radius 2 is 0.380 bits per heavy atom. The normalized spacial score (nSPS) is 14.6. The SMILES string of the molecule is CC(C)c1cccc(C(C)C)c1-c1cc(N2C=CN(C)[CH-]2)[c-]c(N2[CH-]N(C)c3ccccc32)c1.CC1=C(C)N(c2[c-]c(N3C=CN(C)[CH-]3)cc(-c3c(C(C)C)cccc3C(C)C)c2)[CH-]N1C.CC1=C(C)N(c2[c-]c(N3[CH-]N(C)c4ccccc43)cc(-c3c(C(C)C)cccc3C(C)C)c2)[CH-]N1C.CC1=C(C)N(c2[c-]c(N3[CH-]N(C)c4ccccc43)cc(-c3c(C(C)C)cccc3C(C)C)c2)[CH-]N1C.[C-]#N.[C-]#N.[C-]#N.[C-]#N.[Pt+4].[Pt+4].[Pt+4].[Pt+4]. The number of hydrogen-bond acceptors (Lipinski definition) is 20. The number of allylic oxidation sites excluding steroid dienone is 6. The van der Waals surface area contributed by atoms with Gasteiger partial charge in [0.1, 0.15) is 0 Å². The van der Waals surface area contributed by atoms with E-state index in [9.17, 15) is 0 Å². The van der Waals surface area contributed by atoms with E-state index in [2.05, 4.69) is 570 Å². The van der Waals surface area contributed by atoms with Gasteiger partial charge in [-0.05, 0) is 290 Å². The van der Waals surface area contributed by atoms with Gasteiger partial charge in [0.05, 0.1) is 0 Å². The molecule has 8 aliphatic heterocycles. The van der Waals surface area contributed by atoms with Crippen LogP contribution in [0.3, 0.4) is 0 Å². The molecule has 11 aromatic rings. The number of nitrogens with zero attached hydrogens (tertiary/aromatic N) is 20. The number of benzene rings is 11. The van der Waals surface area contributed by atoms with Crippen LogP contribution in [-0.4, -0.2) is 80.9 Å². The summed E-state index contributed by atoms with van der Waals surface area (Å²) in [5.74, 6) is 3.44. The van der Waals surface area contributed by atoms with Gasteiger partial charge in [0.2, 0.25) is 0 Å². The second-order valence-electron chi connectivity index (χ2n) is 40.6. The molecular formula is C126H142N20Pt4. The molecule has 20 nitrogen and oxygen atoms in total. The molecular weight excluding hydrogens is 2570 g/mol. The number of anilines is 14. The van der Waals surface area contributed by atoms with E-state index in [4.69, 9.17) is 47.3 Å². The monoisotopic (exact) mass is 2720 g/mol. The van der Waals surface area contributed by atoms with Gasteiger partial charge < -0.3 is 126 Å². The fraction of sp³-hybridized carbons (Fsp3) is 0.302. The zero-order chi connectivity index (χ0) is 107. The van der Waals surface area contributed by atoms with Crippen molar-refractivity contribution in [3.05, 3.63) is 402 Å². The van der Waals surface area contributed by atoms with Crippen molar-refractivity contribution in [3.8, 4) is 44.5 Å². The number of para-hydroxylation sites is 6. The van der Waals surface area contributed by atoms with Crippen LogP contribution in [-0.2, 0) is 84.3 Å². The maximum atomic E-state index is 6.25. The van der Waals surface area contributed by atoms with E-state index in [1.807, 2.05) is 14.1 Å². The Hall–Kier alpha value is -12.4. The molecule has 0 N–H and O–H groups in total. The Bertz CT molecular complexity index is 6400. The topological polar surface area (TPSA) is 147 Å². The second kappa shape index (κ2) is 54.1. The summed E-state index contributed by atoms with van der Waals surface area (Å²) < 4.78 is 0. The van der Waals surface area contributed by atoms with Crippen LogP contribution in [0.5, 0.6) is 0 Å². The molecule has 8 aliphatic rings. The van der Waals surface area contributed by atoms with Crippen molar-refractivity contribution in [1.29, 1.82) is 21.0 Å². The fourth-order valence-corrected chi connectivity index (χ4v) is 19.9. The average Bonchev–Trinajstić information content (AvgIpc) is 1.60. The van der Waals surface area contributed by atoms with Gasteiger partial charge in [-0.2, -0.15) is 53.3 Å². The molecule has 11 aromatic carbocycles. The Kier molecular flexibility index (Phi) is 44.3. The number of rotatable bonds is 20. The van der Waals surface area contributed by atoms with Gasteiger partial charge in [-0.25, -0.2) is 0 Å². The Morgan fingerprint density at radius 3 is 0.553 bits per heavy atom. The summed E-state index contributed by atoms with van der Waals surface area (Å²) in [6.45, 7) is 85.7. The first-order valence-electron chi connectivity index (χ1n) is 50.1. The molecule has 0 bridgehead atoms. The maximum Gasteiger partial charge on any atom is 4.00 e. The third kappa shape index (κ3) is 26.1. The van der Waals surface area contributed by atoms with E-state index < -0.39 is 0 Å². The fourth-order valence-electron chi connectivity index (χ4n) is 19.9. The van der Waals surface area contributed by atoms with Crippen LogP contribution < -0.4 is 53.9 Å². The summed E-state index contributed by atoms with van der Waals surface area (Å²) in [6.07, 6.45) is 8.30. The summed E-state index contributed by atoms with van der Waals surface area (Å²) in [5, 5.41) is 25.0. The van der Waals surface area contributed by atoms with Gasteiger partial charge >= 0.3 is 84.3 Å². The smallest absolute Gasteiger partial charge is 0.512 e. The van der Waals surface area contributed by atoms with Crippen molar-refractivity contribution in [1.82, 2.24) is 24.5 Å². The summed E-state index contributed by atoms with van der Waals surface area (Å²) in [6, 6.07) is 86.1. The van der Waals surface area contributed by atoms with Gasteiger partial charge in [-0.3, -0.25) is 0 Å². The molecule has 0 unspecified atom stereocenters. The second-order valence-corrected chi connectivity index (χ2v) is 40.6. The molecule has 0 amide bonds.